The zero-order chi connectivity index (χ0) is 19.2. The Bertz CT molecular complexity index is 902. The van der Waals surface area contributed by atoms with Gasteiger partial charge in [0.2, 0.25) is 5.91 Å². The molecule has 1 amide bonds. The van der Waals surface area contributed by atoms with Crippen LogP contribution in [0.3, 0.4) is 0 Å². The van der Waals surface area contributed by atoms with Crippen molar-refractivity contribution in [3.8, 4) is 0 Å². The van der Waals surface area contributed by atoms with Crippen molar-refractivity contribution in [2.45, 2.75) is 18.8 Å². The van der Waals surface area contributed by atoms with Gasteiger partial charge in [-0.25, -0.2) is 15.0 Å². The summed E-state index contributed by atoms with van der Waals surface area (Å²) in [5, 5.41) is 8.60. The second kappa shape index (κ2) is 8.90. The Kier molecular flexibility index (Phi) is 5.89. The van der Waals surface area contributed by atoms with Crippen LogP contribution < -0.4 is 10.6 Å². The second-order valence-electron chi connectivity index (χ2n) is 6.75. The zero-order valence-electron chi connectivity index (χ0n) is 15.4. The molecule has 3 aromatic heterocycles. The molecule has 8 heteroatoms. The molecule has 0 spiro atoms. The summed E-state index contributed by atoms with van der Waals surface area (Å²) in [4.78, 5) is 27.6. The number of nitrogens with zero attached hydrogens (tertiary/aromatic N) is 4. The molecule has 0 aromatic carbocycles. The number of likely N-dealkylation sites (tertiary alicyclic amines) is 1. The lowest BCUT2D eigenvalue weighted by Gasteiger charge is -2.32. The first kappa shape index (κ1) is 18.5. The molecule has 0 saturated carbocycles. The highest BCUT2D eigenvalue weighted by atomic mass is 32.1. The number of aromatic nitrogens is 3. The van der Waals surface area contributed by atoms with Crippen molar-refractivity contribution >= 4 is 34.0 Å². The fourth-order valence-electron chi connectivity index (χ4n) is 3.40. The highest BCUT2D eigenvalue weighted by molar-refractivity contribution is 7.13. The van der Waals surface area contributed by atoms with E-state index in [1.54, 1.807) is 12.4 Å². The molecular weight excluding hydrogens is 372 g/mol. The van der Waals surface area contributed by atoms with Crippen molar-refractivity contribution < 1.29 is 4.79 Å². The van der Waals surface area contributed by atoms with E-state index < -0.39 is 0 Å². The number of piperidine rings is 1. The molecule has 28 heavy (non-hydrogen) atoms. The van der Waals surface area contributed by atoms with Crippen LogP contribution in [0.15, 0.2) is 54.2 Å². The average molecular weight is 395 g/mol. The van der Waals surface area contributed by atoms with E-state index in [2.05, 4.69) is 31.6 Å². The number of hydrogen-bond donors (Lipinski definition) is 2. The molecule has 0 bridgehead atoms. The molecule has 7 nitrogen and oxygen atoms in total. The molecule has 1 saturated heterocycles. The van der Waals surface area contributed by atoms with Crippen molar-refractivity contribution in [3.05, 3.63) is 59.9 Å². The lowest BCUT2D eigenvalue weighted by Crippen LogP contribution is -2.40. The van der Waals surface area contributed by atoms with Crippen molar-refractivity contribution in [2.75, 3.05) is 30.3 Å². The molecule has 1 aliphatic heterocycles. The maximum atomic E-state index is 12.3. The maximum Gasteiger partial charge on any atom is 0.240 e. The van der Waals surface area contributed by atoms with Crippen molar-refractivity contribution in [1.29, 1.82) is 0 Å². The summed E-state index contributed by atoms with van der Waals surface area (Å²) in [6, 6.07) is 11.8. The van der Waals surface area contributed by atoms with Gasteiger partial charge in [0, 0.05) is 35.9 Å². The predicted octanol–water partition coefficient (Wildman–Crippen LogP) is 3.49. The summed E-state index contributed by atoms with van der Waals surface area (Å²) in [6.07, 6.45) is 5.57. The number of pyridine rings is 2. The van der Waals surface area contributed by atoms with Gasteiger partial charge in [0.25, 0.3) is 0 Å². The van der Waals surface area contributed by atoms with Gasteiger partial charge in [-0.3, -0.25) is 9.69 Å². The number of nitrogens with one attached hydrogen (secondary N) is 2. The van der Waals surface area contributed by atoms with Gasteiger partial charge in [0.15, 0.2) is 5.13 Å². The molecule has 1 atom stereocenters. The first-order chi connectivity index (χ1) is 13.8. The minimum atomic E-state index is -0.0193. The van der Waals surface area contributed by atoms with Crippen molar-refractivity contribution in [2.24, 2.45) is 0 Å². The minimum Gasteiger partial charge on any atom is -0.325 e. The fraction of sp³-hybridized carbons (Fsp3) is 0.300. The summed E-state index contributed by atoms with van der Waals surface area (Å²) in [5.41, 5.74) is 1.05. The Balaban J connectivity index is 1.37. The molecular formula is C20H22N6OS. The van der Waals surface area contributed by atoms with Crippen LogP contribution in [0.5, 0.6) is 0 Å². The van der Waals surface area contributed by atoms with Gasteiger partial charge in [-0.2, -0.15) is 0 Å². The van der Waals surface area contributed by atoms with Gasteiger partial charge in [0.05, 0.1) is 6.54 Å². The molecule has 1 fully saturated rings. The summed E-state index contributed by atoms with van der Waals surface area (Å²) in [7, 11) is 0. The summed E-state index contributed by atoms with van der Waals surface area (Å²) in [5.74, 6) is 1.85. The molecule has 4 heterocycles. The number of carbonyl (C=O) groups excluding carboxylic acids is 1. The summed E-state index contributed by atoms with van der Waals surface area (Å²) < 4.78 is 0. The van der Waals surface area contributed by atoms with E-state index in [0.717, 1.165) is 43.3 Å². The van der Waals surface area contributed by atoms with Gasteiger partial charge < -0.3 is 10.6 Å². The first-order valence-corrected chi connectivity index (χ1v) is 10.2. The van der Waals surface area contributed by atoms with E-state index in [1.165, 1.54) is 11.3 Å². The topological polar surface area (TPSA) is 83.0 Å². The third kappa shape index (κ3) is 4.90. The average Bonchev–Trinajstić information content (AvgIpc) is 3.22. The quantitative estimate of drug-likeness (QED) is 0.666. The summed E-state index contributed by atoms with van der Waals surface area (Å²) in [6.45, 7) is 2.13. The SMILES string of the molecule is O=C(CN1CCC[C@@H](c2cccc(Nc3ccccn3)n2)C1)Nc1nccs1. The normalized spacial score (nSPS) is 17.2. The van der Waals surface area contributed by atoms with Crippen LogP contribution in [0, 0.1) is 0 Å². The number of amides is 1. The Morgan fingerprint density at radius 3 is 2.89 bits per heavy atom. The highest BCUT2D eigenvalue weighted by Crippen LogP contribution is 2.27. The number of thiazole rings is 1. The highest BCUT2D eigenvalue weighted by Gasteiger charge is 2.24. The minimum absolute atomic E-state index is 0.0193. The molecule has 0 radical (unpaired) electrons. The zero-order valence-corrected chi connectivity index (χ0v) is 16.2. The van der Waals surface area contributed by atoms with Crippen LogP contribution in [-0.4, -0.2) is 45.4 Å². The van der Waals surface area contributed by atoms with E-state index >= 15 is 0 Å². The van der Waals surface area contributed by atoms with Crippen molar-refractivity contribution in [1.82, 2.24) is 19.9 Å². The van der Waals surface area contributed by atoms with Gasteiger partial charge in [-0.1, -0.05) is 12.1 Å². The van der Waals surface area contributed by atoms with Gasteiger partial charge in [-0.05, 0) is 43.7 Å². The monoisotopic (exact) mass is 394 g/mol. The van der Waals surface area contributed by atoms with Crippen molar-refractivity contribution in [3.63, 3.8) is 0 Å². The maximum absolute atomic E-state index is 12.3. The van der Waals surface area contributed by atoms with Crippen LogP contribution >= 0.6 is 11.3 Å². The van der Waals surface area contributed by atoms with Crippen LogP contribution in [0.2, 0.25) is 0 Å². The third-order valence-corrected chi connectivity index (χ3v) is 5.35. The lowest BCUT2D eigenvalue weighted by atomic mass is 9.94. The molecule has 3 aromatic rings. The summed E-state index contributed by atoms with van der Waals surface area (Å²) >= 11 is 1.43. The molecule has 144 valence electrons. The number of rotatable bonds is 6. The molecule has 0 unspecified atom stereocenters. The largest absolute Gasteiger partial charge is 0.325 e. The second-order valence-corrected chi connectivity index (χ2v) is 7.64. The van der Waals surface area contributed by atoms with Crippen LogP contribution in [0.25, 0.3) is 0 Å². The number of carbonyl (C=O) groups is 1. The van der Waals surface area contributed by atoms with Gasteiger partial charge >= 0.3 is 0 Å². The van der Waals surface area contributed by atoms with Crippen LogP contribution in [0.1, 0.15) is 24.5 Å². The van der Waals surface area contributed by atoms with E-state index in [-0.39, 0.29) is 5.91 Å². The molecule has 2 N–H and O–H groups in total. The van der Waals surface area contributed by atoms with Gasteiger partial charge in [0.1, 0.15) is 11.6 Å². The fourth-order valence-corrected chi connectivity index (χ4v) is 3.95. The Labute approximate surface area is 167 Å². The first-order valence-electron chi connectivity index (χ1n) is 9.33. The Morgan fingerprint density at radius 1 is 1.14 bits per heavy atom. The van der Waals surface area contributed by atoms with Crippen LogP contribution in [0.4, 0.5) is 16.8 Å². The number of anilines is 3. The number of hydrogen-bond acceptors (Lipinski definition) is 7. The molecule has 4 rings (SSSR count). The van der Waals surface area contributed by atoms with E-state index in [1.807, 2.05) is 35.7 Å². The van der Waals surface area contributed by atoms with E-state index in [4.69, 9.17) is 4.98 Å². The predicted molar refractivity (Wildman–Crippen MR) is 111 cm³/mol. The Hall–Kier alpha value is -2.84. The van der Waals surface area contributed by atoms with E-state index in [0.29, 0.717) is 17.6 Å². The van der Waals surface area contributed by atoms with E-state index in [9.17, 15) is 4.79 Å². The van der Waals surface area contributed by atoms with Crippen LogP contribution in [-0.2, 0) is 4.79 Å². The standard InChI is InChI=1S/C20H22N6OS/c27-19(25-20-22-10-12-28-20)14-26-11-4-5-15(13-26)16-6-3-8-18(23-16)24-17-7-1-2-9-21-17/h1-3,6-10,12,15H,4-5,11,13-14H2,(H,21,23,24)(H,22,25,27)/t15-/m1/s1. The third-order valence-electron chi connectivity index (χ3n) is 4.66. The lowest BCUT2D eigenvalue weighted by molar-refractivity contribution is -0.117. The van der Waals surface area contributed by atoms with Gasteiger partial charge in [-0.15, -0.1) is 11.3 Å². The smallest absolute Gasteiger partial charge is 0.240 e. The Morgan fingerprint density at radius 2 is 2.07 bits per heavy atom. The molecule has 0 aliphatic carbocycles. The molecule has 1 aliphatic rings.